The first-order valence-electron chi connectivity index (χ1n) is 7.54. The molecule has 1 heterocycles. The van der Waals surface area contributed by atoms with Crippen molar-refractivity contribution in [2.75, 3.05) is 20.1 Å². The third-order valence-corrected chi connectivity index (χ3v) is 4.68. The summed E-state index contributed by atoms with van der Waals surface area (Å²) in [6.45, 7) is 6.35. The van der Waals surface area contributed by atoms with Gasteiger partial charge in [0.1, 0.15) is 0 Å². The summed E-state index contributed by atoms with van der Waals surface area (Å²) in [6.07, 6.45) is 6.90. The molecule has 2 rings (SSSR count). The second kappa shape index (κ2) is 5.60. The molecule has 104 valence electrons. The maximum atomic E-state index is 12.8. The predicted octanol–water partition coefficient (Wildman–Crippen LogP) is 2.41. The molecule has 0 bridgehead atoms. The third kappa shape index (κ3) is 2.71. The number of hydrogen-bond acceptors (Lipinski definition) is 2. The number of likely N-dealkylation sites (tertiary alicyclic amines) is 1. The molecular weight excluding hydrogens is 224 g/mol. The minimum atomic E-state index is 0.00377. The van der Waals surface area contributed by atoms with E-state index in [0.29, 0.717) is 17.9 Å². The highest BCUT2D eigenvalue weighted by Gasteiger charge is 2.46. The van der Waals surface area contributed by atoms with Crippen LogP contribution >= 0.6 is 0 Å². The Morgan fingerprint density at radius 3 is 2.61 bits per heavy atom. The molecule has 1 atom stereocenters. The van der Waals surface area contributed by atoms with Crippen LogP contribution < -0.4 is 5.32 Å². The summed E-state index contributed by atoms with van der Waals surface area (Å²) in [5, 5.41) is 3.32. The van der Waals surface area contributed by atoms with Crippen molar-refractivity contribution in [3.8, 4) is 0 Å². The number of hydrogen-bond donors (Lipinski definition) is 1. The van der Waals surface area contributed by atoms with E-state index in [2.05, 4.69) is 24.1 Å². The zero-order valence-electron chi connectivity index (χ0n) is 12.2. The van der Waals surface area contributed by atoms with Crippen LogP contribution in [0.5, 0.6) is 0 Å². The van der Waals surface area contributed by atoms with Crippen molar-refractivity contribution >= 4 is 5.91 Å². The summed E-state index contributed by atoms with van der Waals surface area (Å²) in [5.74, 6) is 1.07. The van der Waals surface area contributed by atoms with E-state index in [-0.39, 0.29) is 5.41 Å². The van der Waals surface area contributed by atoms with Crippen LogP contribution in [0, 0.1) is 11.3 Å². The van der Waals surface area contributed by atoms with Crippen molar-refractivity contribution in [3.63, 3.8) is 0 Å². The molecule has 1 unspecified atom stereocenters. The minimum absolute atomic E-state index is 0.00377. The summed E-state index contributed by atoms with van der Waals surface area (Å²) < 4.78 is 0. The summed E-state index contributed by atoms with van der Waals surface area (Å²) in [5.41, 5.74) is 0.00377. The predicted molar refractivity (Wildman–Crippen MR) is 74.4 cm³/mol. The van der Waals surface area contributed by atoms with Crippen molar-refractivity contribution in [2.45, 2.75) is 58.4 Å². The second-order valence-electron chi connectivity index (χ2n) is 6.61. The fourth-order valence-electron chi connectivity index (χ4n) is 3.62. The smallest absolute Gasteiger partial charge is 0.228 e. The van der Waals surface area contributed by atoms with Crippen molar-refractivity contribution in [1.82, 2.24) is 10.2 Å². The first kappa shape index (κ1) is 13.9. The normalized spacial score (nSPS) is 27.1. The van der Waals surface area contributed by atoms with Gasteiger partial charge in [-0.25, -0.2) is 0 Å². The summed E-state index contributed by atoms with van der Waals surface area (Å²) in [6, 6.07) is 0.499. The fourth-order valence-corrected chi connectivity index (χ4v) is 3.62. The highest BCUT2D eigenvalue weighted by atomic mass is 16.2. The average molecular weight is 252 g/mol. The lowest BCUT2D eigenvalue weighted by molar-refractivity contribution is -0.150. The van der Waals surface area contributed by atoms with Crippen molar-refractivity contribution in [2.24, 2.45) is 11.3 Å². The Bertz CT molecular complexity index is 297. The van der Waals surface area contributed by atoms with Crippen LogP contribution in [0.1, 0.15) is 52.4 Å². The highest BCUT2D eigenvalue weighted by molar-refractivity contribution is 5.83. The Morgan fingerprint density at radius 2 is 2.11 bits per heavy atom. The Labute approximate surface area is 111 Å². The molecule has 0 aromatic carbocycles. The van der Waals surface area contributed by atoms with Gasteiger partial charge in [-0.1, -0.05) is 20.3 Å². The monoisotopic (exact) mass is 252 g/mol. The average Bonchev–Trinajstić information content (AvgIpc) is 2.33. The van der Waals surface area contributed by atoms with E-state index in [1.807, 2.05) is 7.05 Å². The van der Waals surface area contributed by atoms with Crippen molar-refractivity contribution < 1.29 is 4.79 Å². The van der Waals surface area contributed by atoms with Crippen molar-refractivity contribution in [1.29, 1.82) is 0 Å². The van der Waals surface area contributed by atoms with Crippen LogP contribution in [-0.2, 0) is 4.79 Å². The summed E-state index contributed by atoms with van der Waals surface area (Å²) >= 11 is 0. The van der Waals surface area contributed by atoms with E-state index in [1.165, 1.54) is 12.8 Å². The van der Waals surface area contributed by atoms with Crippen LogP contribution in [0.3, 0.4) is 0 Å². The molecule has 0 aromatic rings. The number of likely N-dealkylation sites (N-methyl/N-ethyl adjacent to an activating group) is 1. The molecule has 1 amide bonds. The lowest BCUT2D eigenvalue weighted by atomic mass is 9.63. The van der Waals surface area contributed by atoms with Crippen LogP contribution in [-0.4, -0.2) is 37.0 Å². The highest BCUT2D eigenvalue weighted by Crippen LogP contribution is 2.47. The van der Waals surface area contributed by atoms with E-state index >= 15 is 0 Å². The Hall–Kier alpha value is -0.570. The van der Waals surface area contributed by atoms with Crippen LogP contribution in [0.4, 0.5) is 0 Å². The molecular formula is C15H28N2O. The van der Waals surface area contributed by atoms with Gasteiger partial charge in [0.25, 0.3) is 0 Å². The van der Waals surface area contributed by atoms with Gasteiger partial charge in [-0.2, -0.15) is 0 Å². The molecule has 1 saturated heterocycles. The van der Waals surface area contributed by atoms with Gasteiger partial charge in [-0.3, -0.25) is 4.79 Å². The lowest BCUT2D eigenvalue weighted by Crippen LogP contribution is -2.54. The number of carbonyl (C=O) groups is 1. The number of carbonyl (C=O) groups excluding carboxylic acids is 1. The SMILES string of the molecule is CNC1CCCN(C(=O)C2(CC(C)C)CCC2)C1. The molecule has 2 aliphatic rings. The fraction of sp³-hybridized carbons (Fsp3) is 0.933. The molecule has 0 radical (unpaired) electrons. The van der Waals surface area contributed by atoms with E-state index in [4.69, 9.17) is 0 Å². The van der Waals surface area contributed by atoms with E-state index in [9.17, 15) is 4.79 Å². The number of piperidine rings is 1. The Morgan fingerprint density at radius 1 is 1.39 bits per heavy atom. The molecule has 2 fully saturated rings. The van der Waals surface area contributed by atoms with Gasteiger partial charge >= 0.3 is 0 Å². The number of nitrogens with zero attached hydrogens (tertiary/aromatic N) is 1. The second-order valence-corrected chi connectivity index (χ2v) is 6.61. The van der Waals surface area contributed by atoms with Gasteiger partial charge in [0.15, 0.2) is 0 Å². The molecule has 1 aliphatic carbocycles. The first-order chi connectivity index (χ1) is 8.57. The molecule has 1 aliphatic heterocycles. The number of rotatable bonds is 4. The van der Waals surface area contributed by atoms with E-state index in [1.54, 1.807) is 0 Å². The van der Waals surface area contributed by atoms with Gasteiger partial charge in [-0.15, -0.1) is 0 Å². The molecule has 18 heavy (non-hydrogen) atoms. The molecule has 0 aromatic heterocycles. The third-order valence-electron chi connectivity index (χ3n) is 4.68. The standard InChI is InChI=1S/C15H28N2O/c1-12(2)10-15(7-5-8-15)14(18)17-9-4-6-13(11-17)16-3/h12-13,16H,4-11H2,1-3H3. The molecule has 3 nitrogen and oxygen atoms in total. The van der Waals surface area contributed by atoms with Gasteiger partial charge in [0, 0.05) is 24.5 Å². The number of amides is 1. The molecule has 1 N–H and O–H groups in total. The maximum Gasteiger partial charge on any atom is 0.228 e. The zero-order valence-corrected chi connectivity index (χ0v) is 12.2. The zero-order chi connectivity index (χ0) is 13.2. The van der Waals surface area contributed by atoms with Crippen LogP contribution in [0.2, 0.25) is 0 Å². The lowest BCUT2D eigenvalue weighted by Gasteiger charge is -2.46. The summed E-state index contributed by atoms with van der Waals surface area (Å²) in [4.78, 5) is 14.9. The molecule has 1 saturated carbocycles. The van der Waals surface area contributed by atoms with Crippen LogP contribution in [0.25, 0.3) is 0 Å². The van der Waals surface area contributed by atoms with Crippen LogP contribution in [0.15, 0.2) is 0 Å². The van der Waals surface area contributed by atoms with Gasteiger partial charge in [0.05, 0.1) is 0 Å². The van der Waals surface area contributed by atoms with E-state index in [0.717, 1.165) is 38.8 Å². The first-order valence-corrected chi connectivity index (χ1v) is 7.54. The Balaban J connectivity index is 2.00. The minimum Gasteiger partial charge on any atom is -0.341 e. The molecule has 3 heteroatoms. The van der Waals surface area contributed by atoms with E-state index < -0.39 is 0 Å². The van der Waals surface area contributed by atoms with Gasteiger partial charge < -0.3 is 10.2 Å². The maximum absolute atomic E-state index is 12.8. The quantitative estimate of drug-likeness (QED) is 0.833. The van der Waals surface area contributed by atoms with Gasteiger partial charge in [-0.05, 0) is 45.1 Å². The largest absolute Gasteiger partial charge is 0.341 e. The number of nitrogens with one attached hydrogen (secondary N) is 1. The van der Waals surface area contributed by atoms with Crippen molar-refractivity contribution in [3.05, 3.63) is 0 Å². The Kier molecular flexibility index (Phi) is 4.31. The van der Waals surface area contributed by atoms with Gasteiger partial charge in [0.2, 0.25) is 5.91 Å². The molecule has 0 spiro atoms. The topological polar surface area (TPSA) is 32.3 Å². The summed E-state index contributed by atoms with van der Waals surface area (Å²) in [7, 11) is 2.01.